The standard InChI is InChI=1S/C12H20N4OS/c1-2-18-8-7-16-12(17)9-11(10-14-16)15-5-3-13-4-6-15/h9-10,13H,2-8H2,1H3. The molecule has 0 aromatic carbocycles. The lowest BCUT2D eigenvalue weighted by Crippen LogP contribution is -2.44. The molecule has 18 heavy (non-hydrogen) atoms. The van der Waals surface area contributed by atoms with E-state index in [1.807, 2.05) is 18.0 Å². The number of aryl methyl sites for hydroxylation is 1. The fraction of sp³-hybridized carbons (Fsp3) is 0.667. The summed E-state index contributed by atoms with van der Waals surface area (Å²) in [7, 11) is 0. The molecule has 0 unspecified atom stereocenters. The molecule has 1 N–H and O–H groups in total. The molecule has 1 aromatic rings. The number of rotatable bonds is 5. The largest absolute Gasteiger partial charge is 0.368 e. The molecule has 0 bridgehead atoms. The number of piperazine rings is 1. The SMILES string of the molecule is CCSCCn1ncc(N2CCNCC2)cc1=O. The van der Waals surface area contributed by atoms with Gasteiger partial charge in [0.15, 0.2) is 0 Å². The van der Waals surface area contributed by atoms with Crippen LogP contribution in [0.1, 0.15) is 6.92 Å². The predicted molar refractivity (Wildman–Crippen MR) is 76.6 cm³/mol. The molecule has 1 saturated heterocycles. The van der Waals surface area contributed by atoms with E-state index < -0.39 is 0 Å². The van der Waals surface area contributed by atoms with Crippen molar-refractivity contribution in [3.63, 3.8) is 0 Å². The van der Waals surface area contributed by atoms with Gasteiger partial charge < -0.3 is 10.2 Å². The minimum absolute atomic E-state index is 0.00253. The van der Waals surface area contributed by atoms with Crippen molar-refractivity contribution >= 4 is 17.4 Å². The minimum atomic E-state index is 0.00253. The van der Waals surface area contributed by atoms with E-state index in [2.05, 4.69) is 22.2 Å². The maximum atomic E-state index is 11.9. The first-order valence-electron chi connectivity index (χ1n) is 6.42. The van der Waals surface area contributed by atoms with Crippen molar-refractivity contribution in [2.45, 2.75) is 13.5 Å². The van der Waals surface area contributed by atoms with Crippen molar-refractivity contribution in [2.75, 3.05) is 42.6 Å². The maximum Gasteiger partial charge on any atom is 0.268 e. The first-order valence-corrected chi connectivity index (χ1v) is 7.57. The quantitative estimate of drug-likeness (QED) is 0.784. The highest BCUT2D eigenvalue weighted by atomic mass is 32.2. The molecule has 1 aromatic heterocycles. The van der Waals surface area contributed by atoms with Gasteiger partial charge in [-0.2, -0.15) is 16.9 Å². The first-order chi connectivity index (χ1) is 8.81. The molecule has 6 heteroatoms. The van der Waals surface area contributed by atoms with Crippen LogP contribution >= 0.6 is 11.8 Å². The summed E-state index contributed by atoms with van der Waals surface area (Å²) >= 11 is 1.83. The van der Waals surface area contributed by atoms with Crippen LogP contribution in [0.15, 0.2) is 17.1 Å². The highest BCUT2D eigenvalue weighted by Gasteiger charge is 2.11. The van der Waals surface area contributed by atoms with Crippen LogP contribution in [0.2, 0.25) is 0 Å². The monoisotopic (exact) mass is 268 g/mol. The molecule has 1 aliphatic rings. The number of thioether (sulfide) groups is 1. The number of aromatic nitrogens is 2. The minimum Gasteiger partial charge on any atom is -0.368 e. The molecule has 5 nitrogen and oxygen atoms in total. The third-order valence-electron chi connectivity index (χ3n) is 2.99. The lowest BCUT2D eigenvalue weighted by Gasteiger charge is -2.28. The topological polar surface area (TPSA) is 50.2 Å². The summed E-state index contributed by atoms with van der Waals surface area (Å²) in [4.78, 5) is 14.1. The summed E-state index contributed by atoms with van der Waals surface area (Å²) in [5.41, 5.74) is 0.948. The molecule has 0 radical (unpaired) electrons. The third kappa shape index (κ3) is 3.49. The smallest absolute Gasteiger partial charge is 0.268 e. The van der Waals surface area contributed by atoms with E-state index in [4.69, 9.17) is 0 Å². The van der Waals surface area contributed by atoms with Gasteiger partial charge in [0.1, 0.15) is 0 Å². The Balaban J connectivity index is 2.02. The average Bonchev–Trinajstić information content (AvgIpc) is 2.42. The van der Waals surface area contributed by atoms with Gasteiger partial charge in [-0.3, -0.25) is 4.79 Å². The van der Waals surface area contributed by atoms with E-state index in [-0.39, 0.29) is 5.56 Å². The van der Waals surface area contributed by atoms with Crippen molar-refractivity contribution in [2.24, 2.45) is 0 Å². The van der Waals surface area contributed by atoms with Gasteiger partial charge in [-0.25, -0.2) is 4.68 Å². The fourth-order valence-electron chi connectivity index (χ4n) is 1.98. The van der Waals surface area contributed by atoms with Gasteiger partial charge in [-0.05, 0) is 5.75 Å². The van der Waals surface area contributed by atoms with Gasteiger partial charge in [-0.1, -0.05) is 6.92 Å². The number of nitrogens with one attached hydrogen (secondary N) is 1. The van der Waals surface area contributed by atoms with Gasteiger partial charge in [0, 0.05) is 38.0 Å². The van der Waals surface area contributed by atoms with Gasteiger partial charge in [0.2, 0.25) is 0 Å². The molecular formula is C12H20N4OS. The highest BCUT2D eigenvalue weighted by Crippen LogP contribution is 2.10. The Labute approximate surface area is 112 Å². The molecule has 0 atom stereocenters. The molecule has 100 valence electrons. The van der Waals surface area contributed by atoms with Crippen molar-refractivity contribution in [1.29, 1.82) is 0 Å². The Bertz CT molecular complexity index is 428. The Morgan fingerprint density at radius 2 is 2.22 bits per heavy atom. The third-order valence-corrected chi connectivity index (χ3v) is 3.87. The van der Waals surface area contributed by atoms with Gasteiger partial charge in [0.05, 0.1) is 18.4 Å². The molecule has 0 amide bonds. The summed E-state index contributed by atoms with van der Waals surface area (Å²) in [5, 5.41) is 7.55. The zero-order valence-electron chi connectivity index (χ0n) is 10.8. The number of hydrogen-bond acceptors (Lipinski definition) is 5. The predicted octanol–water partition coefficient (Wildman–Crippen LogP) is 0.406. The van der Waals surface area contributed by atoms with Crippen LogP contribution in [-0.4, -0.2) is 47.5 Å². The molecule has 1 fully saturated rings. The summed E-state index contributed by atoms with van der Waals surface area (Å²) < 4.78 is 1.55. The molecule has 2 rings (SSSR count). The number of hydrogen-bond donors (Lipinski definition) is 1. The normalized spacial score (nSPS) is 15.9. The van der Waals surface area contributed by atoms with Crippen LogP contribution in [0.3, 0.4) is 0 Å². The molecule has 0 spiro atoms. The summed E-state index contributed by atoms with van der Waals surface area (Å²) in [6.07, 6.45) is 1.81. The van der Waals surface area contributed by atoms with E-state index in [0.29, 0.717) is 6.54 Å². The van der Waals surface area contributed by atoms with Crippen molar-refractivity contribution in [1.82, 2.24) is 15.1 Å². The van der Waals surface area contributed by atoms with Crippen LogP contribution < -0.4 is 15.8 Å². The van der Waals surface area contributed by atoms with E-state index in [9.17, 15) is 4.79 Å². The zero-order chi connectivity index (χ0) is 12.8. The van der Waals surface area contributed by atoms with Gasteiger partial charge in [0.25, 0.3) is 5.56 Å². The second-order valence-electron chi connectivity index (χ2n) is 4.21. The molecule has 1 aliphatic heterocycles. The Morgan fingerprint density at radius 3 is 2.89 bits per heavy atom. The van der Waals surface area contributed by atoms with Crippen LogP contribution in [-0.2, 0) is 6.54 Å². The molecular weight excluding hydrogens is 248 g/mol. The van der Waals surface area contributed by atoms with Crippen molar-refractivity contribution < 1.29 is 0 Å². The summed E-state index contributed by atoms with van der Waals surface area (Å²) in [6, 6.07) is 1.70. The Kier molecular flexibility index (Phi) is 5.07. The fourth-order valence-corrected chi connectivity index (χ4v) is 2.57. The van der Waals surface area contributed by atoms with Crippen LogP contribution in [0, 0.1) is 0 Å². The summed E-state index contributed by atoms with van der Waals surface area (Å²) in [6.45, 7) is 6.63. The second kappa shape index (κ2) is 6.80. The number of anilines is 1. The van der Waals surface area contributed by atoms with E-state index in [1.54, 1.807) is 10.7 Å². The van der Waals surface area contributed by atoms with Crippen molar-refractivity contribution in [3.8, 4) is 0 Å². The Hall–Kier alpha value is -1.01. The van der Waals surface area contributed by atoms with Gasteiger partial charge >= 0.3 is 0 Å². The number of nitrogens with zero attached hydrogens (tertiary/aromatic N) is 3. The molecule has 0 saturated carbocycles. The molecule has 2 heterocycles. The Morgan fingerprint density at radius 1 is 1.44 bits per heavy atom. The van der Waals surface area contributed by atoms with E-state index in [0.717, 1.165) is 43.4 Å². The lowest BCUT2D eigenvalue weighted by atomic mass is 10.3. The molecule has 0 aliphatic carbocycles. The zero-order valence-corrected chi connectivity index (χ0v) is 11.6. The van der Waals surface area contributed by atoms with Crippen LogP contribution in [0.5, 0.6) is 0 Å². The first kappa shape index (κ1) is 13.4. The van der Waals surface area contributed by atoms with Gasteiger partial charge in [-0.15, -0.1) is 0 Å². The lowest BCUT2D eigenvalue weighted by molar-refractivity contribution is 0.579. The highest BCUT2D eigenvalue weighted by molar-refractivity contribution is 7.99. The average molecular weight is 268 g/mol. The van der Waals surface area contributed by atoms with Crippen LogP contribution in [0.4, 0.5) is 5.69 Å². The van der Waals surface area contributed by atoms with E-state index >= 15 is 0 Å². The van der Waals surface area contributed by atoms with E-state index in [1.165, 1.54) is 0 Å². The summed E-state index contributed by atoms with van der Waals surface area (Å²) in [5.74, 6) is 2.02. The second-order valence-corrected chi connectivity index (χ2v) is 5.60. The van der Waals surface area contributed by atoms with Crippen LogP contribution in [0.25, 0.3) is 0 Å². The maximum absolute atomic E-state index is 11.9. The van der Waals surface area contributed by atoms with Crippen molar-refractivity contribution in [3.05, 3.63) is 22.6 Å².